The molecule has 2 rings (SSSR count). The summed E-state index contributed by atoms with van der Waals surface area (Å²) in [6.07, 6.45) is 0.150. The van der Waals surface area contributed by atoms with Gasteiger partial charge in [-0.3, -0.25) is 19.2 Å². The minimum Gasteiger partial charge on any atom is -0.394 e. The van der Waals surface area contributed by atoms with Crippen molar-refractivity contribution < 1.29 is 9.59 Å². The van der Waals surface area contributed by atoms with Crippen LogP contribution in [0.3, 0.4) is 0 Å². The van der Waals surface area contributed by atoms with E-state index in [2.05, 4.69) is 10.4 Å². The van der Waals surface area contributed by atoms with Gasteiger partial charge in [-0.15, -0.1) is 0 Å². The van der Waals surface area contributed by atoms with E-state index in [1.54, 1.807) is 11.7 Å². The predicted octanol–water partition coefficient (Wildman–Crippen LogP) is 0.295. The van der Waals surface area contributed by atoms with Crippen molar-refractivity contribution in [3.8, 4) is 0 Å². The van der Waals surface area contributed by atoms with E-state index in [-0.39, 0.29) is 24.2 Å². The van der Waals surface area contributed by atoms with Crippen molar-refractivity contribution in [2.24, 2.45) is 7.05 Å². The molecule has 2 amide bonds. The van der Waals surface area contributed by atoms with Crippen LogP contribution in [0.2, 0.25) is 0 Å². The molecule has 0 bridgehead atoms. The van der Waals surface area contributed by atoms with Crippen LogP contribution < -0.4 is 11.1 Å². The van der Waals surface area contributed by atoms with Gasteiger partial charge < -0.3 is 11.1 Å². The molecule has 1 aliphatic rings. The smallest absolute Gasteiger partial charge is 0.251 e. The number of amides is 2. The van der Waals surface area contributed by atoms with E-state index in [1.807, 2.05) is 13.8 Å². The van der Waals surface area contributed by atoms with Crippen molar-refractivity contribution in [1.29, 1.82) is 0 Å². The number of hydrogen-bond donors (Lipinski definition) is 2. The number of hydrogen-bond acceptors (Lipinski definition) is 5. The first-order chi connectivity index (χ1) is 8.82. The molecule has 1 aromatic rings. The lowest BCUT2D eigenvalue weighted by Crippen LogP contribution is -2.32. The molecule has 104 valence electrons. The Hall–Kier alpha value is -2.05. The van der Waals surface area contributed by atoms with Crippen LogP contribution in [-0.4, -0.2) is 39.6 Å². The van der Waals surface area contributed by atoms with Crippen molar-refractivity contribution in [3.05, 3.63) is 5.69 Å². The van der Waals surface area contributed by atoms with Crippen molar-refractivity contribution in [1.82, 2.24) is 14.7 Å². The lowest BCUT2D eigenvalue weighted by molar-refractivity contribution is -0.136. The summed E-state index contributed by atoms with van der Waals surface area (Å²) in [4.78, 5) is 24.5. The summed E-state index contributed by atoms with van der Waals surface area (Å²) in [5, 5.41) is 7.36. The number of anilines is 2. The van der Waals surface area contributed by atoms with Gasteiger partial charge in [0, 0.05) is 14.1 Å². The molecule has 1 aromatic heterocycles. The summed E-state index contributed by atoms with van der Waals surface area (Å²) >= 11 is 0. The van der Waals surface area contributed by atoms with Gasteiger partial charge in [0.15, 0.2) is 0 Å². The van der Waals surface area contributed by atoms with Crippen LogP contribution in [0.4, 0.5) is 11.5 Å². The Morgan fingerprint density at radius 3 is 2.42 bits per heavy atom. The van der Waals surface area contributed by atoms with Crippen molar-refractivity contribution in [3.63, 3.8) is 0 Å². The van der Waals surface area contributed by atoms with Crippen molar-refractivity contribution in [2.75, 3.05) is 18.1 Å². The normalized spacial score (nSPS) is 19.6. The summed E-state index contributed by atoms with van der Waals surface area (Å²) in [5.74, 6) is 0.361. The molecule has 0 saturated carbocycles. The van der Waals surface area contributed by atoms with Gasteiger partial charge in [0.1, 0.15) is 11.9 Å². The van der Waals surface area contributed by atoms with E-state index in [1.165, 1.54) is 7.05 Å². The minimum absolute atomic E-state index is 0.150. The number of aryl methyl sites for hydroxylation is 1. The second-order valence-electron chi connectivity index (χ2n) is 5.12. The summed E-state index contributed by atoms with van der Waals surface area (Å²) in [6.45, 7) is 4.00. The number of carbonyl (C=O) groups is 2. The lowest BCUT2D eigenvalue weighted by atomic mass is 10.1. The average molecular weight is 265 g/mol. The van der Waals surface area contributed by atoms with Crippen LogP contribution in [0.15, 0.2) is 0 Å². The fourth-order valence-corrected chi connectivity index (χ4v) is 2.19. The van der Waals surface area contributed by atoms with Crippen LogP contribution in [0, 0.1) is 0 Å². The standard InChI is InChI=1S/C12H19N5O2/c1-6(2)10-9(13)11(17(4)15-10)14-7-5-8(18)16(3)12(7)19/h6-7,14H,5,13H2,1-4H3. The zero-order valence-electron chi connectivity index (χ0n) is 11.6. The number of carbonyl (C=O) groups excluding carboxylic acids is 2. The summed E-state index contributed by atoms with van der Waals surface area (Å²) < 4.78 is 1.61. The van der Waals surface area contributed by atoms with E-state index >= 15 is 0 Å². The van der Waals surface area contributed by atoms with Gasteiger partial charge in [0.2, 0.25) is 5.91 Å². The van der Waals surface area contributed by atoms with E-state index in [9.17, 15) is 9.59 Å². The SMILES string of the molecule is CC(C)c1nn(C)c(NC2CC(=O)N(C)C2=O)c1N. The first-order valence-corrected chi connectivity index (χ1v) is 6.22. The van der Waals surface area contributed by atoms with Crippen LogP contribution in [0.25, 0.3) is 0 Å². The molecule has 0 aliphatic carbocycles. The molecule has 7 heteroatoms. The Bertz CT molecular complexity index is 534. The number of nitrogens with one attached hydrogen (secondary N) is 1. The molecule has 2 heterocycles. The van der Waals surface area contributed by atoms with Crippen LogP contribution >= 0.6 is 0 Å². The molecule has 0 aromatic carbocycles. The highest BCUT2D eigenvalue weighted by molar-refractivity contribution is 6.06. The molecule has 1 fully saturated rings. The first-order valence-electron chi connectivity index (χ1n) is 6.22. The second kappa shape index (κ2) is 4.56. The number of nitrogens with zero attached hydrogens (tertiary/aromatic N) is 3. The van der Waals surface area contributed by atoms with Crippen LogP contribution in [-0.2, 0) is 16.6 Å². The van der Waals surface area contributed by atoms with Crippen LogP contribution in [0.1, 0.15) is 31.9 Å². The maximum Gasteiger partial charge on any atom is 0.251 e. The number of aromatic nitrogens is 2. The van der Waals surface area contributed by atoms with Crippen molar-refractivity contribution in [2.45, 2.75) is 32.2 Å². The highest BCUT2D eigenvalue weighted by Gasteiger charge is 2.37. The molecule has 7 nitrogen and oxygen atoms in total. The highest BCUT2D eigenvalue weighted by Crippen LogP contribution is 2.29. The summed E-state index contributed by atoms with van der Waals surface area (Å²) in [6, 6.07) is -0.560. The first kappa shape index (κ1) is 13.4. The van der Waals surface area contributed by atoms with Gasteiger partial charge >= 0.3 is 0 Å². The topological polar surface area (TPSA) is 93.2 Å². The lowest BCUT2D eigenvalue weighted by Gasteiger charge is -2.13. The Morgan fingerprint density at radius 1 is 1.37 bits per heavy atom. The zero-order chi connectivity index (χ0) is 14.3. The zero-order valence-corrected chi connectivity index (χ0v) is 11.6. The fourth-order valence-electron chi connectivity index (χ4n) is 2.19. The number of nitrogen functional groups attached to an aromatic ring is 1. The van der Waals surface area contributed by atoms with Gasteiger partial charge in [0.25, 0.3) is 5.91 Å². The second-order valence-corrected chi connectivity index (χ2v) is 5.12. The molecule has 1 aliphatic heterocycles. The number of likely N-dealkylation sites (tertiary alicyclic amines) is 1. The average Bonchev–Trinajstić information content (AvgIpc) is 2.75. The van der Waals surface area contributed by atoms with E-state index < -0.39 is 6.04 Å². The molecule has 3 N–H and O–H groups in total. The predicted molar refractivity (Wildman–Crippen MR) is 71.5 cm³/mol. The summed E-state index contributed by atoms with van der Waals surface area (Å²) in [7, 11) is 3.24. The monoisotopic (exact) mass is 265 g/mol. The third-order valence-electron chi connectivity index (χ3n) is 3.35. The highest BCUT2D eigenvalue weighted by atomic mass is 16.2. The third kappa shape index (κ3) is 2.16. The molecule has 0 radical (unpaired) electrons. The Labute approximate surface area is 111 Å². The van der Waals surface area contributed by atoms with Gasteiger partial charge in [-0.2, -0.15) is 5.10 Å². The maximum absolute atomic E-state index is 11.9. The van der Waals surface area contributed by atoms with Gasteiger partial charge in [-0.1, -0.05) is 13.8 Å². The van der Waals surface area contributed by atoms with E-state index in [4.69, 9.17) is 5.73 Å². The van der Waals surface area contributed by atoms with Crippen LogP contribution in [0.5, 0.6) is 0 Å². The Morgan fingerprint density at radius 2 is 2.00 bits per heavy atom. The molecular weight excluding hydrogens is 246 g/mol. The molecular formula is C12H19N5O2. The quantitative estimate of drug-likeness (QED) is 0.766. The largest absolute Gasteiger partial charge is 0.394 e. The number of likely N-dealkylation sites (N-methyl/N-ethyl adjacent to an activating group) is 1. The van der Waals surface area contributed by atoms with Gasteiger partial charge in [0.05, 0.1) is 17.8 Å². The molecule has 19 heavy (non-hydrogen) atoms. The van der Waals surface area contributed by atoms with E-state index in [0.717, 1.165) is 10.6 Å². The maximum atomic E-state index is 11.9. The molecule has 1 saturated heterocycles. The van der Waals surface area contributed by atoms with E-state index in [0.29, 0.717) is 11.5 Å². The molecule has 0 spiro atoms. The minimum atomic E-state index is -0.560. The molecule has 1 unspecified atom stereocenters. The third-order valence-corrected chi connectivity index (χ3v) is 3.35. The van der Waals surface area contributed by atoms with Gasteiger partial charge in [-0.25, -0.2) is 0 Å². The number of nitrogens with two attached hydrogens (primary N) is 1. The van der Waals surface area contributed by atoms with Gasteiger partial charge in [-0.05, 0) is 5.92 Å². The fraction of sp³-hybridized carbons (Fsp3) is 0.583. The number of rotatable bonds is 3. The molecule has 1 atom stereocenters. The van der Waals surface area contributed by atoms with Crippen molar-refractivity contribution >= 4 is 23.3 Å². The number of imide groups is 1. The Balaban J connectivity index is 2.25. The Kier molecular flexibility index (Phi) is 3.21. The summed E-state index contributed by atoms with van der Waals surface area (Å²) in [5.41, 5.74) is 7.36.